The van der Waals surface area contributed by atoms with Gasteiger partial charge in [-0.15, -0.1) is 11.3 Å². The van der Waals surface area contributed by atoms with Crippen LogP contribution >= 0.6 is 11.3 Å². The highest BCUT2D eigenvalue weighted by Gasteiger charge is 2.27. The van der Waals surface area contributed by atoms with Crippen molar-refractivity contribution in [2.24, 2.45) is 7.05 Å². The fourth-order valence-electron chi connectivity index (χ4n) is 2.72. The molecule has 1 amide bonds. The lowest BCUT2D eigenvalue weighted by Crippen LogP contribution is -2.50. The number of aryl methyl sites for hydroxylation is 1. The van der Waals surface area contributed by atoms with E-state index in [1.54, 1.807) is 11.3 Å². The Hall–Kier alpha value is -1.82. The number of hydrogen-bond donors (Lipinski definition) is 0. The predicted octanol–water partition coefficient (Wildman–Crippen LogP) is 1.93. The number of thiophene rings is 1. The van der Waals surface area contributed by atoms with E-state index >= 15 is 0 Å². The smallest absolute Gasteiger partial charge is 0.230 e. The van der Waals surface area contributed by atoms with Crippen LogP contribution in [0, 0.1) is 0 Å². The number of piperazine rings is 1. The van der Waals surface area contributed by atoms with E-state index in [-0.39, 0.29) is 11.8 Å². The fourth-order valence-corrected chi connectivity index (χ4v) is 3.50. The first-order valence-electron chi connectivity index (χ1n) is 7.21. The molecule has 1 aliphatic rings. The van der Waals surface area contributed by atoms with Gasteiger partial charge < -0.3 is 14.4 Å². The zero-order valence-electron chi connectivity index (χ0n) is 12.4. The molecular formula is C15H20N4OS. The highest BCUT2D eigenvalue weighted by atomic mass is 32.1. The zero-order valence-corrected chi connectivity index (χ0v) is 13.2. The van der Waals surface area contributed by atoms with E-state index in [1.807, 2.05) is 53.3 Å². The molecule has 5 nitrogen and oxygen atoms in total. The third kappa shape index (κ3) is 2.81. The Morgan fingerprint density at radius 2 is 2.10 bits per heavy atom. The number of imidazole rings is 1. The topological polar surface area (TPSA) is 41.4 Å². The molecule has 1 atom stereocenters. The van der Waals surface area contributed by atoms with Crippen molar-refractivity contribution in [2.45, 2.75) is 12.8 Å². The minimum Gasteiger partial charge on any atom is -0.339 e. The van der Waals surface area contributed by atoms with Crippen molar-refractivity contribution in [3.05, 3.63) is 34.8 Å². The number of anilines is 1. The molecule has 0 saturated carbocycles. The largest absolute Gasteiger partial charge is 0.339 e. The summed E-state index contributed by atoms with van der Waals surface area (Å²) in [5.74, 6) is 1.18. The van der Waals surface area contributed by atoms with Crippen molar-refractivity contribution in [3.63, 3.8) is 0 Å². The number of hydrogen-bond acceptors (Lipinski definition) is 4. The minimum atomic E-state index is -0.0373. The molecule has 1 saturated heterocycles. The van der Waals surface area contributed by atoms with Crippen molar-refractivity contribution in [1.82, 2.24) is 14.5 Å². The van der Waals surface area contributed by atoms with Crippen LogP contribution in [-0.4, -0.2) is 46.5 Å². The van der Waals surface area contributed by atoms with Crippen LogP contribution in [0.2, 0.25) is 0 Å². The van der Waals surface area contributed by atoms with E-state index in [1.165, 1.54) is 0 Å². The molecule has 0 radical (unpaired) electrons. The Labute approximate surface area is 128 Å². The van der Waals surface area contributed by atoms with Crippen molar-refractivity contribution < 1.29 is 4.79 Å². The molecule has 0 aromatic carbocycles. The first kappa shape index (κ1) is 14.1. The molecule has 0 aliphatic carbocycles. The highest BCUT2D eigenvalue weighted by Crippen LogP contribution is 2.23. The molecule has 1 fully saturated rings. The van der Waals surface area contributed by atoms with Gasteiger partial charge in [0, 0.05) is 50.5 Å². The lowest BCUT2D eigenvalue weighted by molar-refractivity contribution is -0.132. The summed E-state index contributed by atoms with van der Waals surface area (Å²) in [6.45, 7) is 5.21. The maximum absolute atomic E-state index is 12.5. The molecule has 0 bridgehead atoms. The van der Waals surface area contributed by atoms with Gasteiger partial charge in [0.2, 0.25) is 11.9 Å². The maximum atomic E-state index is 12.5. The second-order valence-corrected chi connectivity index (χ2v) is 6.37. The molecule has 2 aromatic rings. The molecule has 1 aliphatic heterocycles. The molecule has 0 N–H and O–H groups in total. The summed E-state index contributed by atoms with van der Waals surface area (Å²) in [5, 5.41) is 2.03. The number of nitrogens with zero attached hydrogens (tertiary/aromatic N) is 4. The number of amides is 1. The molecule has 0 unspecified atom stereocenters. The summed E-state index contributed by atoms with van der Waals surface area (Å²) in [6.07, 6.45) is 3.76. The molecular weight excluding hydrogens is 284 g/mol. The Morgan fingerprint density at radius 3 is 2.67 bits per heavy atom. The summed E-state index contributed by atoms with van der Waals surface area (Å²) in [5.41, 5.74) is 0. The summed E-state index contributed by atoms with van der Waals surface area (Å²) < 4.78 is 2.02. The van der Waals surface area contributed by atoms with Crippen LogP contribution in [0.1, 0.15) is 17.7 Å². The summed E-state index contributed by atoms with van der Waals surface area (Å²) in [6, 6.07) is 4.04. The van der Waals surface area contributed by atoms with Crippen molar-refractivity contribution in [3.8, 4) is 0 Å². The first-order valence-corrected chi connectivity index (χ1v) is 8.09. The SMILES string of the molecule is C[C@H](C(=O)N1CCN(c2nccn2C)CC1)c1cccs1. The van der Waals surface area contributed by atoms with Gasteiger partial charge in [-0.25, -0.2) is 4.98 Å². The van der Waals surface area contributed by atoms with E-state index in [4.69, 9.17) is 0 Å². The van der Waals surface area contributed by atoms with Crippen LogP contribution in [-0.2, 0) is 11.8 Å². The average Bonchev–Trinajstić information content (AvgIpc) is 3.17. The Morgan fingerprint density at radius 1 is 1.33 bits per heavy atom. The Bertz CT molecular complexity index is 599. The second kappa shape index (κ2) is 5.89. The Balaban J connectivity index is 1.61. The van der Waals surface area contributed by atoms with Gasteiger partial charge in [0.05, 0.1) is 5.92 Å². The quantitative estimate of drug-likeness (QED) is 0.870. The van der Waals surface area contributed by atoms with Crippen LogP contribution < -0.4 is 4.90 Å². The summed E-state index contributed by atoms with van der Waals surface area (Å²) in [7, 11) is 2.00. The van der Waals surface area contributed by atoms with E-state index in [2.05, 4.69) is 9.88 Å². The monoisotopic (exact) mass is 304 g/mol. The van der Waals surface area contributed by atoms with E-state index in [0.717, 1.165) is 37.0 Å². The van der Waals surface area contributed by atoms with E-state index in [0.29, 0.717) is 0 Å². The van der Waals surface area contributed by atoms with Crippen LogP contribution in [0.5, 0.6) is 0 Å². The molecule has 0 spiro atoms. The first-order chi connectivity index (χ1) is 10.2. The molecule has 3 heterocycles. The summed E-state index contributed by atoms with van der Waals surface area (Å²) in [4.78, 5) is 22.3. The van der Waals surface area contributed by atoms with Crippen LogP contribution in [0.4, 0.5) is 5.95 Å². The lowest BCUT2D eigenvalue weighted by atomic mass is 10.1. The van der Waals surface area contributed by atoms with Crippen molar-refractivity contribution >= 4 is 23.2 Å². The normalized spacial score (nSPS) is 17.0. The third-order valence-corrected chi connectivity index (χ3v) is 5.07. The van der Waals surface area contributed by atoms with Crippen molar-refractivity contribution in [1.29, 1.82) is 0 Å². The standard InChI is InChI=1S/C15H20N4OS/c1-12(13-4-3-11-21-13)14(20)18-7-9-19(10-8-18)15-16-5-6-17(15)2/h3-6,11-12H,7-10H2,1-2H3/t12-/m0/s1. The minimum absolute atomic E-state index is 0.0373. The van der Waals surface area contributed by atoms with Crippen LogP contribution in [0.15, 0.2) is 29.9 Å². The van der Waals surface area contributed by atoms with Crippen LogP contribution in [0.3, 0.4) is 0 Å². The van der Waals surface area contributed by atoms with Gasteiger partial charge in [-0.2, -0.15) is 0 Å². The number of carbonyl (C=O) groups is 1. The van der Waals surface area contributed by atoms with Crippen LogP contribution in [0.25, 0.3) is 0 Å². The van der Waals surface area contributed by atoms with Gasteiger partial charge in [0.25, 0.3) is 0 Å². The van der Waals surface area contributed by atoms with Crippen molar-refractivity contribution in [2.75, 3.05) is 31.1 Å². The number of rotatable bonds is 3. The second-order valence-electron chi connectivity index (χ2n) is 5.39. The van der Waals surface area contributed by atoms with Gasteiger partial charge in [-0.1, -0.05) is 6.07 Å². The van der Waals surface area contributed by atoms with E-state index < -0.39 is 0 Å². The zero-order chi connectivity index (χ0) is 14.8. The lowest BCUT2D eigenvalue weighted by Gasteiger charge is -2.36. The predicted molar refractivity (Wildman–Crippen MR) is 84.7 cm³/mol. The number of aromatic nitrogens is 2. The average molecular weight is 304 g/mol. The molecule has 112 valence electrons. The Kier molecular flexibility index (Phi) is 3.96. The molecule has 2 aromatic heterocycles. The molecule has 21 heavy (non-hydrogen) atoms. The third-order valence-electron chi connectivity index (χ3n) is 4.01. The van der Waals surface area contributed by atoms with E-state index in [9.17, 15) is 4.79 Å². The number of carbonyl (C=O) groups excluding carboxylic acids is 1. The van der Waals surface area contributed by atoms with Gasteiger partial charge in [-0.05, 0) is 18.4 Å². The molecule has 3 rings (SSSR count). The van der Waals surface area contributed by atoms with Gasteiger partial charge in [-0.3, -0.25) is 4.79 Å². The fraction of sp³-hybridized carbons (Fsp3) is 0.467. The van der Waals surface area contributed by atoms with Gasteiger partial charge in [0.15, 0.2) is 0 Å². The van der Waals surface area contributed by atoms with Gasteiger partial charge >= 0.3 is 0 Å². The maximum Gasteiger partial charge on any atom is 0.230 e. The van der Waals surface area contributed by atoms with Gasteiger partial charge in [0.1, 0.15) is 0 Å². The highest BCUT2D eigenvalue weighted by molar-refractivity contribution is 7.10. The summed E-state index contributed by atoms with van der Waals surface area (Å²) >= 11 is 1.65. The molecule has 6 heteroatoms.